The summed E-state index contributed by atoms with van der Waals surface area (Å²) in [6.07, 6.45) is 5.60. The van der Waals surface area contributed by atoms with E-state index < -0.39 is 23.8 Å². The second-order valence-electron chi connectivity index (χ2n) is 6.61. The number of hydrogen-bond acceptors (Lipinski definition) is 4. The van der Waals surface area contributed by atoms with Crippen LogP contribution in [0, 0.1) is 17.7 Å². The first-order valence-electron chi connectivity index (χ1n) is 9.63. The van der Waals surface area contributed by atoms with Crippen molar-refractivity contribution in [2.24, 2.45) is 11.8 Å². The summed E-state index contributed by atoms with van der Waals surface area (Å²) >= 11 is 0. The third-order valence-electron chi connectivity index (χ3n) is 4.75. The van der Waals surface area contributed by atoms with E-state index in [2.05, 4.69) is 0 Å². The molecule has 29 heavy (non-hydrogen) atoms. The quantitative estimate of drug-likeness (QED) is 0.524. The molecule has 0 saturated heterocycles. The van der Waals surface area contributed by atoms with Crippen LogP contribution in [-0.2, 0) is 19.1 Å². The van der Waals surface area contributed by atoms with E-state index in [1.165, 1.54) is 12.1 Å². The molecule has 4 nitrogen and oxygen atoms in total. The molecule has 0 amide bonds. The van der Waals surface area contributed by atoms with Crippen molar-refractivity contribution in [2.45, 2.75) is 13.8 Å². The average Bonchev–Trinajstić information content (AvgIpc) is 2.71. The van der Waals surface area contributed by atoms with Crippen LogP contribution in [0.2, 0.25) is 0 Å². The van der Waals surface area contributed by atoms with Crippen molar-refractivity contribution < 1.29 is 23.5 Å². The molecule has 0 spiro atoms. The Labute approximate surface area is 169 Å². The zero-order chi connectivity index (χ0) is 20.8. The lowest BCUT2D eigenvalue weighted by molar-refractivity contribution is -0.162. The summed E-state index contributed by atoms with van der Waals surface area (Å²) in [5.74, 6) is -3.25. The number of halogens is 1. The molecule has 3 rings (SSSR count). The number of carbonyl (C=O) groups is 2. The predicted molar refractivity (Wildman–Crippen MR) is 110 cm³/mol. The van der Waals surface area contributed by atoms with Crippen molar-refractivity contribution >= 4 is 29.7 Å². The Hall–Kier alpha value is -3.21. The smallest absolute Gasteiger partial charge is 0.321 e. The summed E-state index contributed by atoms with van der Waals surface area (Å²) in [5.41, 5.74) is 3.43. The first-order valence-corrected chi connectivity index (χ1v) is 9.63. The molecule has 150 valence electrons. The lowest BCUT2D eigenvalue weighted by atomic mass is 9.76. The molecule has 2 aromatic rings. The number of allylic oxidation sites excluding steroid dienone is 2. The van der Waals surface area contributed by atoms with Crippen LogP contribution in [0.4, 0.5) is 4.39 Å². The van der Waals surface area contributed by atoms with Crippen LogP contribution in [0.1, 0.15) is 30.5 Å². The van der Waals surface area contributed by atoms with Gasteiger partial charge in [-0.25, -0.2) is 4.39 Å². The van der Waals surface area contributed by atoms with Gasteiger partial charge in [-0.3, -0.25) is 9.59 Å². The van der Waals surface area contributed by atoms with Gasteiger partial charge < -0.3 is 9.47 Å². The van der Waals surface area contributed by atoms with Crippen LogP contribution in [0.25, 0.3) is 17.7 Å². The van der Waals surface area contributed by atoms with E-state index in [-0.39, 0.29) is 19.0 Å². The molecule has 0 fully saturated rings. The Morgan fingerprint density at radius 1 is 1.00 bits per heavy atom. The summed E-state index contributed by atoms with van der Waals surface area (Å²) < 4.78 is 23.7. The van der Waals surface area contributed by atoms with Gasteiger partial charge >= 0.3 is 11.9 Å². The number of hydrogen-bond donors (Lipinski definition) is 0. The molecule has 0 aliphatic heterocycles. The molecule has 5 heteroatoms. The molecule has 0 heterocycles. The molecular weight excluding hydrogens is 371 g/mol. The Kier molecular flexibility index (Phi) is 6.60. The van der Waals surface area contributed by atoms with Crippen LogP contribution in [-0.4, -0.2) is 25.2 Å². The van der Waals surface area contributed by atoms with Gasteiger partial charge in [0.05, 0.1) is 13.2 Å². The monoisotopic (exact) mass is 394 g/mol. The zero-order valence-corrected chi connectivity index (χ0v) is 16.4. The van der Waals surface area contributed by atoms with Crippen LogP contribution in [0.15, 0.2) is 54.6 Å². The fourth-order valence-electron chi connectivity index (χ4n) is 3.45. The first kappa shape index (κ1) is 20.5. The van der Waals surface area contributed by atoms with Gasteiger partial charge in [-0.1, -0.05) is 54.6 Å². The molecule has 0 aromatic heterocycles. The van der Waals surface area contributed by atoms with Crippen molar-refractivity contribution in [1.82, 2.24) is 0 Å². The van der Waals surface area contributed by atoms with Gasteiger partial charge in [-0.05, 0) is 48.2 Å². The molecule has 0 radical (unpaired) electrons. The van der Waals surface area contributed by atoms with Gasteiger partial charge in [-0.2, -0.15) is 0 Å². The summed E-state index contributed by atoms with van der Waals surface area (Å²) in [7, 11) is 0. The van der Waals surface area contributed by atoms with E-state index >= 15 is 0 Å². The maximum atomic E-state index is 13.3. The molecule has 1 aliphatic rings. The highest BCUT2D eigenvalue weighted by atomic mass is 19.1. The summed E-state index contributed by atoms with van der Waals surface area (Å²) in [5, 5.41) is 0. The number of ether oxygens (including phenoxy) is 2. The maximum absolute atomic E-state index is 13.3. The van der Waals surface area contributed by atoms with Crippen molar-refractivity contribution in [3.8, 4) is 0 Å². The maximum Gasteiger partial charge on any atom is 0.321 e. The highest BCUT2D eigenvalue weighted by Crippen LogP contribution is 2.39. The van der Waals surface area contributed by atoms with Crippen molar-refractivity contribution in [2.75, 3.05) is 13.2 Å². The molecule has 1 aliphatic carbocycles. The van der Waals surface area contributed by atoms with Crippen LogP contribution in [0.5, 0.6) is 0 Å². The van der Waals surface area contributed by atoms with Gasteiger partial charge in [0.1, 0.15) is 5.82 Å². The molecular formula is C24H23FO4. The van der Waals surface area contributed by atoms with Gasteiger partial charge in [0.2, 0.25) is 0 Å². The molecule has 0 N–H and O–H groups in total. The fourth-order valence-corrected chi connectivity index (χ4v) is 3.45. The van der Waals surface area contributed by atoms with E-state index in [4.69, 9.17) is 9.47 Å². The zero-order valence-electron chi connectivity index (χ0n) is 16.4. The van der Waals surface area contributed by atoms with Crippen LogP contribution < -0.4 is 0 Å². The van der Waals surface area contributed by atoms with E-state index in [1.807, 2.05) is 42.5 Å². The lowest BCUT2D eigenvalue weighted by Crippen LogP contribution is -2.35. The normalized spacial score (nSPS) is 16.6. The lowest BCUT2D eigenvalue weighted by Gasteiger charge is -2.28. The van der Waals surface area contributed by atoms with Gasteiger partial charge in [0.25, 0.3) is 0 Å². The number of esters is 2. The third-order valence-corrected chi connectivity index (χ3v) is 4.75. The van der Waals surface area contributed by atoms with E-state index in [0.717, 1.165) is 22.3 Å². The predicted octanol–water partition coefficient (Wildman–Crippen LogP) is 4.75. The molecule has 1 atom stereocenters. The highest BCUT2D eigenvalue weighted by molar-refractivity contribution is 6.01. The van der Waals surface area contributed by atoms with E-state index in [1.54, 1.807) is 26.0 Å². The Morgan fingerprint density at radius 3 is 2.24 bits per heavy atom. The number of rotatable bonds is 6. The van der Waals surface area contributed by atoms with Gasteiger partial charge in [-0.15, -0.1) is 0 Å². The largest absolute Gasteiger partial charge is 0.465 e. The number of benzene rings is 2. The Bertz CT molecular complexity index is 926. The van der Waals surface area contributed by atoms with Crippen LogP contribution >= 0.6 is 0 Å². The molecule has 0 saturated carbocycles. The van der Waals surface area contributed by atoms with E-state index in [9.17, 15) is 14.0 Å². The second-order valence-corrected chi connectivity index (χ2v) is 6.61. The van der Waals surface area contributed by atoms with Gasteiger partial charge in [0.15, 0.2) is 5.92 Å². The van der Waals surface area contributed by atoms with Crippen molar-refractivity contribution in [3.63, 3.8) is 0 Å². The first-order chi connectivity index (χ1) is 14.0. The number of carbonyl (C=O) groups excluding carboxylic acids is 2. The SMILES string of the molecule is CCOC(=O)C(C(=O)OCC)C1C=Cc2ccccc2/C1=C\c1ccc(F)cc1. The minimum Gasteiger partial charge on any atom is -0.465 e. The summed E-state index contributed by atoms with van der Waals surface area (Å²) in [6.45, 7) is 3.72. The Morgan fingerprint density at radius 2 is 1.62 bits per heavy atom. The minimum atomic E-state index is -1.12. The standard InChI is InChI=1S/C24H23FO4/c1-3-28-23(26)22(24(27)29-4-2)20-14-11-17-7-5-6-8-19(17)21(20)15-16-9-12-18(25)13-10-16/h5-15,20,22H,3-4H2,1-2H3/b21-15+. The summed E-state index contributed by atoms with van der Waals surface area (Å²) in [4.78, 5) is 25.4. The third kappa shape index (κ3) is 4.62. The highest BCUT2D eigenvalue weighted by Gasteiger charge is 2.39. The second kappa shape index (κ2) is 9.32. The molecule has 2 aromatic carbocycles. The number of fused-ring (bicyclic) bond motifs is 1. The van der Waals surface area contributed by atoms with Crippen LogP contribution in [0.3, 0.4) is 0 Å². The van der Waals surface area contributed by atoms with Crippen molar-refractivity contribution in [3.05, 3.63) is 77.1 Å². The topological polar surface area (TPSA) is 52.6 Å². The fraction of sp³-hybridized carbons (Fsp3) is 0.250. The van der Waals surface area contributed by atoms with E-state index in [0.29, 0.717) is 0 Å². The summed E-state index contributed by atoms with van der Waals surface area (Å²) in [6, 6.07) is 13.8. The minimum absolute atomic E-state index is 0.165. The van der Waals surface area contributed by atoms with Gasteiger partial charge in [0, 0.05) is 5.92 Å². The molecule has 0 bridgehead atoms. The molecule has 1 unspecified atom stereocenters. The Balaban J connectivity index is 2.12. The average molecular weight is 394 g/mol. The van der Waals surface area contributed by atoms with Crippen molar-refractivity contribution in [1.29, 1.82) is 0 Å².